The Morgan fingerprint density at radius 2 is 2.04 bits per heavy atom. The molecule has 9 heteroatoms. The van der Waals surface area contributed by atoms with Crippen molar-refractivity contribution in [2.75, 3.05) is 13.7 Å². The van der Waals surface area contributed by atoms with Crippen LogP contribution in [0.15, 0.2) is 23.0 Å². The number of ether oxygens (including phenoxy) is 2. The fraction of sp³-hybridized carbons (Fsp3) is 0.235. The highest BCUT2D eigenvalue weighted by atomic mass is 35.5. The van der Waals surface area contributed by atoms with Crippen molar-refractivity contribution in [1.82, 2.24) is 4.57 Å². The second kappa shape index (κ2) is 9.02. The summed E-state index contributed by atoms with van der Waals surface area (Å²) in [6.45, 7) is 1.55. The van der Waals surface area contributed by atoms with Crippen molar-refractivity contribution < 1.29 is 19.1 Å². The van der Waals surface area contributed by atoms with Gasteiger partial charge in [0.1, 0.15) is 11.2 Å². The van der Waals surface area contributed by atoms with E-state index in [0.29, 0.717) is 20.1 Å². The van der Waals surface area contributed by atoms with Crippen molar-refractivity contribution in [3.05, 3.63) is 53.4 Å². The summed E-state index contributed by atoms with van der Waals surface area (Å²) in [5.74, 6) is -1.22. The first kappa shape index (κ1) is 20.2. The Morgan fingerprint density at radius 3 is 2.65 bits per heavy atom. The number of carbonyl (C=O) groups excluding carboxylic acids is 2. The Morgan fingerprint density at radius 1 is 1.31 bits per heavy atom. The van der Waals surface area contributed by atoms with Gasteiger partial charge < -0.3 is 9.47 Å². The maximum absolute atomic E-state index is 12.7. The Balaban J connectivity index is 2.64. The molecule has 0 aliphatic heterocycles. The van der Waals surface area contributed by atoms with Crippen LogP contribution < -0.4 is 14.8 Å². The quantitative estimate of drug-likeness (QED) is 0.692. The molecule has 0 N–H and O–H groups in total. The predicted molar refractivity (Wildman–Crippen MR) is 101 cm³/mol. The molecule has 0 amide bonds. The van der Waals surface area contributed by atoms with Gasteiger partial charge >= 0.3 is 11.9 Å². The van der Waals surface area contributed by atoms with Gasteiger partial charge in [0.2, 0.25) is 0 Å². The fourth-order valence-electron chi connectivity index (χ4n) is 2.03. The molecule has 2 rings (SSSR count). The van der Waals surface area contributed by atoms with Crippen LogP contribution >= 0.6 is 34.5 Å². The maximum atomic E-state index is 12.7. The highest BCUT2D eigenvalue weighted by Gasteiger charge is 2.11. The van der Waals surface area contributed by atoms with E-state index < -0.39 is 17.5 Å². The Hall–Kier alpha value is -2.09. The van der Waals surface area contributed by atoms with Gasteiger partial charge in [0.05, 0.1) is 24.3 Å². The first-order valence-corrected chi connectivity index (χ1v) is 9.04. The van der Waals surface area contributed by atoms with E-state index in [9.17, 15) is 14.4 Å². The van der Waals surface area contributed by atoms with Crippen LogP contribution in [0.5, 0.6) is 0 Å². The first-order valence-electron chi connectivity index (χ1n) is 7.47. The van der Waals surface area contributed by atoms with Crippen LogP contribution in [0.3, 0.4) is 0 Å². The van der Waals surface area contributed by atoms with Gasteiger partial charge in [-0.05, 0) is 30.7 Å². The molecule has 6 nitrogen and oxygen atoms in total. The third-order valence-corrected chi connectivity index (χ3v) is 4.85. The van der Waals surface area contributed by atoms with Crippen molar-refractivity contribution >= 4 is 58.6 Å². The number of rotatable bonds is 5. The van der Waals surface area contributed by atoms with Crippen molar-refractivity contribution in [2.45, 2.75) is 13.5 Å². The van der Waals surface area contributed by atoms with Gasteiger partial charge in [-0.2, -0.15) is 0 Å². The summed E-state index contributed by atoms with van der Waals surface area (Å²) in [5.41, 5.74) is 0.143. The molecule has 0 saturated carbocycles. The van der Waals surface area contributed by atoms with E-state index in [-0.39, 0.29) is 17.8 Å². The van der Waals surface area contributed by atoms with E-state index in [1.54, 1.807) is 31.2 Å². The fourth-order valence-corrected chi connectivity index (χ4v) is 3.52. The zero-order chi connectivity index (χ0) is 19.3. The first-order chi connectivity index (χ1) is 12.3. The lowest BCUT2D eigenvalue weighted by atomic mass is 10.2. The maximum Gasteiger partial charge on any atom is 0.333 e. The second-order valence-electron chi connectivity index (χ2n) is 4.98. The van der Waals surface area contributed by atoms with Gasteiger partial charge in [-0.3, -0.25) is 14.2 Å². The SMILES string of the molecule is CCOC(=O)/C=c1\s/c(=C\c2ccc(Cl)cc2Cl)c(=O)n1CC(=O)OC. The highest BCUT2D eigenvalue weighted by molar-refractivity contribution is 7.07. The summed E-state index contributed by atoms with van der Waals surface area (Å²) in [4.78, 5) is 36.0. The molecular formula is C17H15Cl2NO5S. The number of hydrogen-bond acceptors (Lipinski definition) is 6. The van der Waals surface area contributed by atoms with Crippen LogP contribution in [-0.4, -0.2) is 30.2 Å². The molecule has 0 saturated heterocycles. The summed E-state index contributed by atoms with van der Waals surface area (Å²) < 4.78 is 11.2. The lowest BCUT2D eigenvalue weighted by Crippen LogP contribution is -2.34. The third-order valence-electron chi connectivity index (χ3n) is 3.23. The summed E-state index contributed by atoms with van der Waals surface area (Å²) >= 11 is 13.0. The van der Waals surface area contributed by atoms with Gasteiger partial charge in [-0.15, -0.1) is 11.3 Å². The predicted octanol–water partition coefficient (Wildman–Crippen LogP) is 1.56. The molecule has 1 aromatic carbocycles. The molecular weight excluding hydrogens is 401 g/mol. The zero-order valence-corrected chi connectivity index (χ0v) is 16.3. The van der Waals surface area contributed by atoms with E-state index in [0.717, 1.165) is 15.9 Å². The number of esters is 2. The van der Waals surface area contributed by atoms with E-state index in [1.165, 1.54) is 13.2 Å². The van der Waals surface area contributed by atoms with Crippen LogP contribution in [0, 0.1) is 0 Å². The molecule has 0 aliphatic rings. The van der Waals surface area contributed by atoms with E-state index >= 15 is 0 Å². The van der Waals surface area contributed by atoms with Gasteiger partial charge in [0.15, 0.2) is 0 Å². The van der Waals surface area contributed by atoms with E-state index in [1.807, 2.05) is 0 Å². The van der Waals surface area contributed by atoms with Crippen molar-refractivity contribution in [2.24, 2.45) is 0 Å². The molecule has 0 radical (unpaired) electrons. The normalized spacial score (nSPS) is 12.3. The molecule has 0 fully saturated rings. The number of hydrogen-bond donors (Lipinski definition) is 0. The monoisotopic (exact) mass is 415 g/mol. The summed E-state index contributed by atoms with van der Waals surface area (Å²) in [5, 5.41) is 0.846. The Bertz CT molecular complexity index is 1010. The number of thiazole rings is 1. The lowest BCUT2D eigenvalue weighted by molar-refractivity contribution is -0.141. The van der Waals surface area contributed by atoms with Gasteiger partial charge in [0, 0.05) is 10.0 Å². The molecule has 1 heterocycles. The topological polar surface area (TPSA) is 74.6 Å². The molecule has 1 aromatic heterocycles. The summed E-state index contributed by atoms with van der Waals surface area (Å²) in [6.07, 6.45) is 2.74. The number of benzene rings is 1. The van der Waals surface area contributed by atoms with Crippen LogP contribution in [0.2, 0.25) is 10.0 Å². The summed E-state index contributed by atoms with van der Waals surface area (Å²) in [6, 6.07) is 4.87. The number of halogens is 2. The van der Waals surface area contributed by atoms with Crippen LogP contribution in [0.1, 0.15) is 12.5 Å². The minimum Gasteiger partial charge on any atom is -0.468 e. The number of carbonyl (C=O) groups is 2. The molecule has 0 spiro atoms. The smallest absolute Gasteiger partial charge is 0.333 e. The van der Waals surface area contributed by atoms with Gasteiger partial charge in [-0.1, -0.05) is 29.3 Å². The van der Waals surface area contributed by atoms with Crippen molar-refractivity contribution in [3.8, 4) is 0 Å². The van der Waals surface area contributed by atoms with Gasteiger partial charge in [0.25, 0.3) is 5.56 Å². The second-order valence-corrected chi connectivity index (χ2v) is 6.88. The molecule has 0 aliphatic carbocycles. The molecule has 0 unspecified atom stereocenters. The number of methoxy groups -OCH3 is 1. The van der Waals surface area contributed by atoms with Crippen LogP contribution in [-0.2, 0) is 25.6 Å². The number of nitrogens with zero attached hydrogens (tertiary/aromatic N) is 1. The van der Waals surface area contributed by atoms with Crippen LogP contribution in [0.25, 0.3) is 12.2 Å². The standard InChI is InChI=1S/C17H15Cl2NO5S/c1-3-25-15(21)8-14-20(9-16(22)24-2)17(23)13(26-14)6-10-4-5-11(18)7-12(10)19/h4-8H,3,9H2,1-2H3/b13-6-,14-8-. The van der Waals surface area contributed by atoms with Crippen molar-refractivity contribution in [3.63, 3.8) is 0 Å². The average Bonchev–Trinajstić information content (AvgIpc) is 2.86. The van der Waals surface area contributed by atoms with Crippen molar-refractivity contribution in [1.29, 1.82) is 0 Å². The molecule has 2 aromatic rings. The van der Waals surface area contributed by atoms with E-state index in [4.69, 9.17) is 27.9 Å². The number of aromatic nitrogens is 1. The molecule has 26 heavy (non-hydrogen) atoms. The van der Waals surface area contributed by atoms with E-state index in [2.05, 4.69) is 4.74 Å². The Labute approximate surface area is 162 Å². The average molecular weight is 416 g/mol. The minimum absolute atomic E-state index is 0.196. The third kappa shape index (κ3) is 4.97. The van der Waals surface area contributed by atoms with Crippen LogP contribution in [0.4, 0.5) is 0 Å². The molecule has 0 atom stereocenters. The summed E-state index contributed by atoms with van der Waals surface area (Å²) in [7, 11) is 1.22. The minimum atomic E-state index is -0.612. The zero-order valence-electron chi connectivity index (χ0n) is 14.0. The van der Waals surface area contributed by atoms with Gasteiger partial charge in [-0.25, -0.2) is 4.79 Å². The molecule has 138 valence electrons. The molecule has 0 bridgehead atoms. The largest absolute Gasteiger partial charge is 0.468 e. The lowest BCUT2D eigenvalue weighted by Gasteiger charge is -2.00. The highest BCUT2D eigenvalue weighted by Crippen LogP contribution is 2.21. The Kier molecular flexibility index (Phi) is 7.02.